The van der Waals surface area contributed by atoms with Crippen molar-refractivity contribution in [2.75, 3.05) is 0 Å². The summed E-state index contributed by atoms with van der Waals surface area (Å²) in [4.78, 5) is 15.8. The molecule has 74 heavy (non-hydrogen) atoms. The fourth-order valence-electron chi connectivity index (χ4n) is 10.4. The Kier molecular flexibility index (Phi) is 11.4. The molecule has 2 heterocycles. The summed E-state index contributed by atoms with van der Waals surface area (Å²) in [7, 11) is 0. The van der Waals surface area contributed by atoms with E-state index >= 15 is 0 Å². The van der Waals surface area contributed by atoms with Gasteiger partial charge in [0.1, 0.15) is 0 Å². The summed E-state index contributed by atoms with van der Waals surface area (Å²) in [6, 6.07) is 97.2. The van der Waals surface area contributed by atoms with Crippen LogP contribution in [0.1, 0.15) is 5.56 Å². The first-order chi connectivity index (χ1) is 36.5. The summed E-state index contributed by atoms with van der Waals surface area (Å²) in [5, 5.41) is 2.48. The quantitative estimate of drug-likeness (QED) is 0.137. The van der Waals surface area contributed by atoms with E-state index in [1.54, 1.807) is 0 Å². The molecule has 2 aromatic heterocycles. The Morgan fingerprint density at radius 1 is 0.230 bits per heavy atom. The Bertz CT molecular complexity index is 4140. The third-order valence-electron chi connectivity index (χ3n) is 14.1. The molecule has 0 unspecified atom stereocenters. The highest BCUT2D eigenvalue weighted by Crippen LogP contribution is 2.37. The van der Waals surface area contributed by atoms with Crippen LogP contribution < -0.4 is 0 Å². The number of fused-ring (bicyclic) bond motifs is 3. The van der Waals surface area contributed by atoms with Gasteiger partial charge in [-0.25, -0.2) is 15.0 Å². The highest BCUT2D eigenvalue weighted by molar-refractivity contribution is 6.09. The van der Waals surface area contributed by atoms with Crippen LogP contribution >= 0.6 is 0 Å². The molecule has 0 aliphatic rings. The summed E-state index contributed by atoms with van der Waals surface area (Å²) in [5.41, 5.74) is 21.2. The molecule has 0 atom stereocenters. The van der Waals surface area contributed by atoms with Crippen molar-refractivity contribution in [2.24, 2.45) is 0 Å². The normalized spacial score (nSPS) is 11.3. The van der Waals surface area contributed by atoms with E-state index in [4.69, 9.17) is 15.0 Å². The van der Waals surface area contributed by atoms with Gasteiger partial charge >= 0.3 is 0 Å². The van der Waals surface area contributed by atoms with Crippen molar-refractivity contribution in [3.05, 3.63) is 279 Å². The minimum Gasteiger partial charge on any atom is -0.309 e. The highest BCUT2D eigenvalue weighted by atomic mass is 15.0. The summed E-state index contributed by atoms with van der Waals surface area (Å²) >= 11 is 0. The first kappa shape index (κ1) is 44.2. The SMILES string of the molecule is Cc1cc(-c2ccccc2)cc(-c2ccc(-c3nc(-c4cccc(-c5cccc(-c6cccc(-c7ccccc7)c6)c5)c4)nc(-c4cccc(-c5cccc(-n6c7ccccc7c7ccccc76)c5)c4)n3)cc2)c1. The average molecular weight is 945 g/mol. The van der Waals surface area contributed by atoms with Gasteiger partial charge in [-0.1, -0.05) is 218 Å². The van der Waals surface area contributed by atoms with Gasteiger partial charge < -0.3 is 4.57 Å². The highest BCUT2D eigenvalue weighted by Gasteiger charge is 2.17. The van der Waals surface area contributed by atoms with Crippen molar-refractivity contribution >= 4 is 21.8 Å². The predicted octanol–water partition coefficient (Wildman–Crippen LogP) is 18.3. The lowest BCUT2D eigenvalue weighted by molar-refractivity contribution is 1.07. The van der Waals surface area contributed by atoms with Gasteiger partial charge in [-0.3, -0.25) is 0 Å². The fraction of sp³-hybridized carbons (Fsp3) is 0.0143. The van der Waals surface area contributed by atoms with Crippen LogP contribution in [0.25, 0.3) is 128 Å². The molecule has 11 aromatic carbocycles. The number of aromatic nitrogens is 4. The van der Waals surface area contributed by atoms with Crippen LogP contribution in [0.3, 0.4) is 0 Å². The lowest BCUT2D eigenvalue weighted by atomic mass is 9.95. The smallest absolute Gasteiger partial charge is 0.164 e. The Labute approximate surface area is 431 Å². The number of benzene rings is 11. The molecule has 0 saturated carbocycles. The lowest BCUT2D eigenvalue weighted by Crippen LogP contribution is -2.00. The molecule has 0 N–H and O–H groups in total. The maximum absolute atomic E-state index is 5.29. The van der Waals surface area contributed by atoms with Gasteiger partial charge in [-0.15, -0.1) is 0 Å². The van der Waals surface area contributed by atoms with Gasteiger partial charge in [0.2, 0.25) is 0 Å². The zero-order valence-corrected chi connectivity index (χ0v) is 40.8. The van der Waals surface area contributed by atoms with Crippen molar-refractivity contribution < 1.29 is 0 Å². The van der Waals surface area contributed by atoms with Crippen molar-refractivity contribution in [1.29, 1.82) is 0 Å². The van der Waals surface area contributed by atoms with Gasteiger partial charge in [-0.2, -0.15) is 0 Å². The maximum Gasteiger partial charge on any atom is 0.164 e. The summed E-state index contributed by atoms with van der Waals surface area (Å²) in [6.07, 6.45) is 0. The van der Waals surface area contributed by atoms with E-state index in [9.17, 15) is 0 Å². The molecule has 13 rings (SSSR count). The second-order valence-electron chi connectivity index (χ2n) is 18.9. The summed E-state index contributed by atoms with van der Waals surface area (Å²) in [5.74, 6) is 1.81. The monoisotopic (exact) mass is 944 g/mol. The molecular formula is C70H48N4. The van der Waals surface area contributed by atoms with E-state index in [2.05, 4.69) is 284 Å². The van der Waals surface area contributed by atoms with Crippen LogP contribution in [0.4, 0.5) is 0 Å². The minimum atomic E-state index is 0.603. The van der Waals surface area contributed by atoms with E-state index in [1.807, 2.05) is 0 Å². The van der Waals surface area contributed by atoms with Crippen LogP contribution in [-0.2, 0) is 0 Å². The second-order valence-corrected chi connectivity index (χ2v) is 18.9. The third-order valence-corrected chi connectivity index (χ3v) is 14.1. The molecule has 0 amide bonds. The number of nitrogens with zero attached hydrogens (tertiary/aromatic N) is 4. The van der Waals surface area contributed by atoms with E-state index < -0.39 is 0 Å². The number of rotatable bonds is 10. The zero-order valence-electron chi connectivity index (χ0n) is 40.8. The second kappa shape index (κ2) is 19.1. The van der Waals surface area contributed by atoms with Gasteiger partial charge in [-0.05, 0) is 134 Å². The average Bonchev–Trinajstić information content (AvgIpc) is 3.82. The molecule has 0 bridgehead atoms. The first-order valence-electron chi connectivity index (χ1n) is 25.1. The number of aryl methyl sites for hydroxylation is 1. The number of para-hydroxylation sites is 2. The van der Waals surface area contributed by atoms with Crippen LogP contribution in [0.15, 0.2) is 273 Å². The summed E-state index contributed by atoms with van der Waals surface area (Å²) < 4.78 is 2.36. The third kappa shape index (κ3) is 8.65. The Morgan fingerprint density at radius 2 is 0.541 bits per heavy atom. The summed E-state index contributed by atoms with van der Waals surface area (Å²) in [6.45, 7) is 2.16. The van der Waals surface area contributed by atoms with Crippen LogP contribution in [0, 0.1) is 6.92 Å². The molecule has 4 heteroatoms. The Hall–Kier alpha value is -9.77. The molecule has 0 aliphatic carbocycles. The molecular weight excluding hydrogens is 897 g/mol. The lowest BCUT2D eigenvalue weighted by Gasteiger charge is -2.13. The molecule has 4 nitrogen and oxygen atoms in total. The van der Waals surface area contributed by atoms with E-state index in [-0.39, 0.29) is 0 Å². The molecule has 0 spiro atoms. The van der Waals surface area contributed by atoms with E-state index in [1.165, 1.54) is 55.2 Å². The Balaban J connectivity index is 0.892. The van der Waals surface area contributed by atoms with Crippen molar-refractivity contribution in [2.45, 2.75) is 6.92 Å². The van der Waals surface area contributed by atoms with Gasteiger partial charge in [0.25, 0.3) is 0 Å². The van der Waals surface area contributed by atoms with E-state index in [0.717, 1.165) is 61.3 Å². The fourth-order valence-corrected chi connectivity index (χ4v) is 10.4. The zero-order chi connectivity index (χ0) is 49.4. The molecule has 0 aliphatic heterocycles. The van der Waals surface area contributed by atoms with E-state index in [0.29, 0.717) is 17.5 Å². The molecule has 0 saturated heterocycles. The predicted molar refractivity (Wildman–Crippen MR) is 308 cm³/mol. The molecule has 13 aromatic rings. The first-order valence-corrected chi connectivity index (χ1v) is 25.1. The maximum atomic E-state index is 5.29. The van der Waals surface area contributed by atoms with Gasteiger partial charge in [0, 0.05) is 33.2 Å². The van der Waals surface area contributed by atoms with Gasteiger partial charge in [0.05, 0.1) is 11.0 Å². The van der Waals surface area contributed by atoms with Crippen molar-refractivity contribution in [1.82, 2.24) is 19.5 Å². The number of hydrogen-bond acceptors (Lipinski definition) is 3. The topological polar surface area (TPSA) is 43.6 Å². The molecule has 0 radical (unpaired) electrons. The van der Waals surface area contributed by atoms with Gasteiger partial charge in [0.15, 0.2) is 17.5 Å². The molecule has 0 fully saturated rings. The van der Waals surface area contributed by atoms with Crippen molar-refractivity contribution in [3.8, 4) is 107 Å². The number of hydrogen-bond donors (Lipinski definition) is 0. The Morgan fingerprint density at radius 3 is 1.03 bits per heavy atom. The van der Waals surface area contributed by atoms with Crippen LogP contribution in [0.5, 0.6) is 0 Å². The standard InChI is InChI=1S/C70H48N4/c1-47-39-61(49-19-6-3-7-20-49)45-62(40-47)50-35-37-51(38-36-50)68-71-69(59-28-14-25-56(43-59)55-24-13-23-54(42-55)53-22-12-21-52(41-53)48-17-4-2-5-18-48)73-70(72-68)60-29-15-26-57(44-60)58-27-16-30-63(46-58)74-66-33-10-8-31-64(66)65-32-9-11-34-67(65)74/h2-46H,1H3. The van der Waals surface area contributed by atoms with Crippen LogP contribution in [-0.4, -0.2) is 19.5 Å². The minimum absolute atomic E-state index is 0.603. The van der Waals surface area contributed by atoms with Crippen molar-refractivity contribution in [3.63, 3.8) is 0 Å². The molecule has 348 valence electrons. The van der Waals surface area contributed by atoms with Crippen LogP contribution in [0.2, 0.25) is 0 Å². The largest absolute Gasteiger partial charge is 0.309 e.